The first-order valence-electron chi connectivity index (χ1n) is 8.30. The normalized spacial score (nSPS) is 21.5. The first kappa shape index (κ1) is 17.1. The number of carbonyl (C=O) groups is 2. The van der Waals surface area contributed by atoms with Crippen LogP contribution in [0.4, 0.5) is 4.79 Å². The molecule has 2 heterocycles. The molecular weight excluding hydrogens is 282 g/mol. The molecule has 2 rings (SSSR count). The van der Waals surface area contributed by atoms with E-state index in [2.05, 4.69) is 10.6 Å². The molecule has 0 aromatic heterocycles. The van der Waals surface area contributed by atoms with E-state index in [0.29, 0.717) is 13.1 Å². The number of likely N-dealkylation sites (tertiary alicyclic amines) is 1. The Labute approximate surface area is 132 Å². The monoisotopic (exact) mass is 311 g/mol. The third-order valence-electron chi connectivity index (χ3n) is 4.20. The summed E-state index contributed by atoms with van der Waals surface area (Å²) in [5.41, 5.74) is -0.228. The molecule has 0 aliphatic carbocycles. The van der Waals surface area contributed by atoms with Crippen LogP contribution < -0.4 is 10.6 Å². The van der Waals surface area contributed by atoms with Crippen LogP contribution in [0.5, 0.6) is 0 Å². The van der Waals surface area contributed by atoms with Gasteiger partial charge in [-0.1, -0.05) is 0 Å². The molecule has 0 saturated carbocycles. The average molecular weight is 311 g/mol. The van der Waals surface area contributed by atoms with Gasteiger partial charge in [-0.3, -0.25) is 4.79 Å². The fourth-order valence-electron chi connectivity index (χ4n) is 2.91. The SMILES string of the molecule is CC(C)(C)NC(=O)N1CCC(C(=O)NC2CCOCC2)CC1. The Morgan fingerprint density at radius 1 is 1.05 bits per heavy atom. The molecule has 2 aliphatic rings. The van der Waals surface area contributed by atoms with Crippen LogP contribution >= 0.6 is 0 Å². The van der Waals surface area contributed by atoms with Crippen molar-refractivity contribution in [3.63, 3.8) is 0 Å². The second-order valence-electron chi connectivity index (χ2n) is 7.34. The zero-order chi connectivity index (χ0) is 16.2. The molecule has 22 heavy (non-hydrogen) atoms. The van der Waals surface area contributed by atoms with Crippen molar-refractivity contribution in [2.45, 2.75) is 58.0 Å². The highest BCUT2D eigenvalue weighted by molar-refractivity contribution is 5.80. The van der Waals surface area contributed by atoms with Crippen LogP contribution in [0.1, 0.15) is 46.5 Å². The summed E-state index contributed by atoms with van der Waals surface area (Å²) in [7, 11) is 0. The second-order valence-corrected chi connectivity index (χ2v) is 7.34. The highest BCUT2D eigenvalue weighted by Gasteiger charge is 2.29. The standard InChI is InChI=1S/C16H29N3O3/c1-16(2,3)18-15(21)19-8-4-12(5-9-19)14(20)17-13-6-10-22-11-7-13/h12-13H,4-11H2,1-3H3,(H,17,20)(H,18,21). The van der Waals surface area contributed by atoms with Gasteiger partial charge in [-0.25, -0.2) is 4.79 Å². The van der Waals surface area contributed by atoms with Crippen molar-refractivity contribution < 1.29 is 14.3 Å². The van der Waals surface area contributed by atoms with Crippen molar-refractivity contribution in [3.8, 4) is 0 Å². The maximum atomic E-state index is 12.3. The number of carbonyl (C=O) groups excluding carboxylic acids is 2. The van der Waals surface area contributed by atoms with Gasteiger partial charge in [0.15, 0.2) is 0 Å². The molecule has 0 unspecified atom stereocenters. The Morgan fingerprint density at radius 2 is 1.64 bits per heavy atom. The van der Waals surface area contributed by atoms with Gasteiger partial charge in [0.2, 0.25) is 5.91 Å². The van der Waals surface area contributed by atoms with Crippen molar-refractivity contribution in [2.75, 3.05) is 26.3 Å². The Morgan fingerprint density at radius 3 is 2.18 bits per heavy atom. The van der Waals surface area contributed by atoms with Gasteiger partial charge in [0.25, 0.3) is 0 Å². The highest BCUT2D eigenvalue weighted by Crippen LogP contribution is 2.19. The van der Waals surface area contributed by atoms with Gasteiger partial charge in [0, 0.05) is 43.8 Å². The molecule has 6 heteroatoms. The van der Waals surface area contributed by atoms with E-state index in [1.165, 1.54) is 0 Å². The molecule has 6 nitrogen and oxygen atoms in total. The molecule has 0 aromatic carbocycles. The largest absolute Gasteiger partial charge is 0.381 e. The molecule has 0 radical (unpaired) electrons. The Kier molecular flexibility index (Phi) is 5.67. The maximum Gasteiger partial charge on any atom is 0.317 e. The van der Waals surface area contributed by atoms with Crippen LogP contribution in [0.25, 0.3) is 0 Å². The summed E-state index contributed by atoms with van der Waals surface area (Å²) in [4.78, 5) is 26.2. The third kappa shape index (κ3) is 5.16. The number of rotatable bonds is 2. The average Bonchev–Trinajstić information content (AvgIpc) is 2.46. The van der Waals surface area contributed by atoms with Crippen LogP contribution in [-0.2, 0) is 9.53 Å². The van der Waals surface area contributed by atoms with Crippen LogP contribution in [0.15, 0.2) is 0 Å². The number of nitrogens with one attached hydrogen (secondary N) is 2. The van der Waals surface area contributed by atoms with Gasteiger partial charge in [-0.05, 0) is 46.5 Å². The Hall–Kier alpha value is -1.30. The highest BCUT2D eigenvalue weighted by atomic mass is 16.5. The summed E-state index contributed by atoms with van der Waals surface area (Å²) < 4.78 is 5.30. The van der Waals surface area contributed by atoms with E-state index in [4.69, 9.17) is 4.74 Å². The number of nitrogens with zero attached hydrogens (tertiary/aromatic N) is 1. The van der Waals surface area contributed by atoms with Gasteiger partial charge in [0.1, 0.15) is 0 Å². The van der Waals surface area contributed by atoms with Crippen molar-refractivity contribution >= 4 is 11.9 Å². The second kappa shape index (κ2) is 7.31. The smallest absolute Gasteiger partial charge is 0.317 e. The molecule has 2 aliphatic heterocycles. The Balaban J connectivity index is 1.74. The van der Waals surface area contributed by atoms with E-state index in [1.807, 2.05) is 25.7 Å². The molecule has 0 aromatic rings. The summed E-state index contributed by atoms with van der Waals surface area (Å²) in [6, 6.07) is 0.222. The number of ether oxygens (including phenoxy) is 1. The molecule has 2 fully saturated rings. The summed E-state index contributed by atoms with van der Waals surface area (Å²) in [6.07, 6.45) is 3.29. The first-order valence-corrected chi connectivity index (χ1v) is 8.30. The lowest BCUT2D eigenvalue weighted by Gasteiger charge is -2.34. The van der Waals surface area contributed by atoms with E-state index in [1.54, 1.807) is 0 Å². The van der Waals surface area contributed by atoms with Crippen LogP contribution in [-0.4, -0.2) is 54.7 Å². The predicted octanol–water partition coefficient (Wildman–Crippen LogP) is 1.50. The van der Waals surface area contributed by atoms with E-state index >= 15 is 0 Å². The number of hydrogen-bond acceptors (Lipinski definition) is 3. The first-order chi connectivity index (χ1) is 10.3. The number of hydrogen-bond donors (Lipinski definition) is 2. The quantitative estimate of drug-likeness (QED) is 0.812. The van der Waals surface area contributed by atoms with E-state index in [-0.39, 0.29) is 29.4 Å². The fourth-order valence-corrected chi connectivity index (χ4v) is 2.91. The minimum absolute atomic E-state index is 0.0292. The van der Waals surface area contributed by atoms with Crippen molar-refractivity contribution in [1.29, 1.82) is 0 Å². The molecule has 2 N–H and O–H groups in total. The van der Waals surface area contributed by atoms with Gasteiger partial charge in [0.05, 0.1) is 0 Å². The van der Waals surface area contributed by atoms with Gasteiger partial charge >= 0.3 is 6.03 Å². The minimum atomic E-state index is -0.228. The van der Waals surface area contributed by atoms with E-state index in [9.17, 15) is 9.59 Å². The number of urea groups is 1. The van der Waals surface area contributed by atoms with Gasteiger partial charge in [-0.15, -0.1) is 0 Å². The van der Waals surface area contributed by atoms with Gasteiger partial charge < -0.3 is 20.3 Å². The predicted molar refractivity (Wildman–Crippen MR) is 84.6 cm³/mol. The third-order valence-corrected chi connectivity index (χ3v) is 4.20. The zero-order valence-electron chi connectivity index (χ0n) is 14.0. The van der Waals surface area contributed by atoms with Crippen molar-refractivity contribution in [3.05, 3.63) is 0 Å². The molecule has 0 spiro atoms. The molecule has 0 bridgehead atoms. The topological polar surface area (TPSA) is 70.7 Å². The maximum absolute atomic E-state index is 12.3. The van der Waals surface area contributed by atoms with E-state index in [0.717, 1.165) is 38.9 Å². The lowest BCUT2D eigenvalue weighted by molar-refractivity contribution is -0.127. The van der Waals surface area contributed by atoms with Crippen molar-refractivity contribution in [2.24, 2.45) is 5.92 Å². The number of amides is 3. The molecule has 0 atom stereocenters. The Bertz CT molecular complexity index is 392. The van der Waals surface area contributed by atoms with Crippen LogP contribution in [0.3, 0.4) is 0 Å². The van der Waals surface area contributed by atoms with Crippen molar-refractivity contribution in [1.82, 2.24) is 15.5 Å². The van der Waals surface area contributed by atoms with Crippen LogP contribution in [0, 0.1) is 5.92 Å². The summed E-state index contributed by atoms with van der Waals surface area (Å²) in [5, 5.41) is 6.10. The number of piperidine rings is 1. The van der Waals surface area contributed by atoms with Crippen LogP contribution in [0.2, 0.25) is 0 Å². The molecule has 2 saturated heterocycles. The lowest BCUT2D eigenvalue weighted by Crippen LogP contribution is -2.52. The minimum Gasteiger partial charge on any atom is -0.381 e. The molecular formula is C16H29N3O3. The summed E-state index contributed by atoms with van der Waals surface area (Å²) in [5.74, 6) is 0.171. The summed E-state index contributed by atoms with van der Waals surface area (Å²) >= 11 is 0. The van der Waals surface area contributed by atoms with Gasteiger partial charge in [-0.2, -0.15) is 0 Å². The molecule has 126 valence electrons. The lowest BCUT2D eigenvalue weighted by atomic mass is 9.95. The molecule has 3 amide bonds. The van der Waals surface area contributed by atoms with E-state index < -0.39 is 0 Å². The summed E-state index contributed by atoms with van der Waals surface area (Å²) in [6.45, 7) is 8.67. The zero-order valence-corrected chi connectivity index (χ0v) is 14.0. The fraction of sp³-hybridized carbons (Fsp3) is 0.875.